The van der Waals surface area contributed by atoms with Crippen molar-refractivity contribution in [3.8, 4) is 0 Å². The zero-order chi connectivity index (χ0) is 9.52. The SMILES string of the molecule is C[C@@](N)(C(=O)O)[C@H]1CC1C(=O)O. The first-order valence-electron chi connectivity index (χ1n) is 3.62. The smallest absolute Gasteiger partial charge is 0.323 e. The van der Waals surface area contributed by atoms with E-state index in [-0.39, 0.29) is 0 Å². The molecule has 1 saturated carbocycles. The Morgan fingerprint density at radius 1 is 1.50 bits per heavy atom. The normalized spacial score (nSPS) is 32.2. The van der Waals surface area contributed by atoms with Crippen LogP contribution in [0.15, 0.2) is 0 Å². The van der Waals surface area contributed by atoms with E-state index in [9.17, 15) is 9.59 Å². The fourth-order valence-electron chi connectivity index (χ4n) is 1.29. The fraction of sp³-hybridized carbons (Fsp3) is 0.714. The predicted molar refractivity (Wildman–Crippen MR) is 39.5 cm³/mol. The Morgan fingerprint density at radius 2 is 2.00 bits per heavy atom. The molecule has 0 aromatic heterocycles. The van der Waals surface area contributed by atoms with Crippen LogP contribution in [0.5, 0.6) is 0 Å². The molecule has 0 aromatic rings. The molecule has 0 bridgehead atoms. The average molecular weight is 173 g/mol. The quantitative estimate of drug-likeness (QED) is 0.534. The lowest BCUT2D eigenvalue weighted by Gasteiger charge is -2.18. The van der Waals surface area contributed by atoms with Crippen LogP contribution in [0.4, 0.5) is 0 Å². The molecule has 5 nitrogen and oxygen atoms in total. The second-order valence-corrected chi connectivity index (χ2v) is 3.37. The zero-order valence-corrected chi connectivity index (χ0v) is 6.65. The summed E-state index contributed by atoms with van der Waals surface area (Å²) in [6, 6.07) is 0. The number of carboxylic acid groups (broad SMARTS) is 2. The monoisotopic (exact) mass is 173 g/mol. The van der Waals surface area contributed by atoms with Crippen molar-refractivity contribution >= 4 is 11.9 Å². The molecule has 3 atom stereocenters. The molecule has 0 radical (unpaired) electrons. The Labute approximate surface area is 69.2 Å². The maximum absolute atomic E-state index is 10.6. The van der Waals surface area contributed by atoms with Crippen LogP contribution >= 0.6 is 0 Å². The molecular formula is C7H11NO4. The molecule has 12 heavy (non-hydrogen) atoms. The van der Waals surface area contributed by atoms with Crippen molar-refractivity contribution in [1.29, 1.82) is 0 Å². The molecule has 1 aliphatic rings. The van der Waals surface area contributed by atoms with Gasteiger partial charge in [-0.1, -0.05) is 0 Å². The van der Waals surface area contributed by atoms with E-state index >= 15 is 0 Å². The van der Waals surface area contributed by atoms with Crippen molar-refractivity contribution in [3.05, 3.63) is 0 Å². The van der Waals surface area contributed by atoms with Gasteiger partial charge in [0.2, 0.25) is 0 Å². The number of carbonyl (C=O) groups is 2. The Morgan fingerprint density at radius 3 is 2.25 bits per heavy atom. The number of rotatable bonds is 3. The van der Waals surface area contributed by atoms with E-state index in [1.807, 2.05) is 0 Å². The van der Waals surface area contributed by atoms with Gasteiger partial charge in [0.25, 0.3) is 0 Å². The van der Waals surface area contributed by atoms with Crippen LogP contribution in [-0.4, -0.2) is 27.7 Å². The summed E-state index contributed by atoms with van der Waals surface area (Å²) in [7, 11) is 0. The number of aliphatic carboxylic acids is 2. The number of hydrogen-bond donors (Lipinski definition) is 3. The van der Waals surface area contributed by atoms with Crippen LogP contribution in [-0.2, 0) is 9.59 Å². The highest BCUT2D eigenvalue weighted by Gasteiger charge is 2.55. The summed E-state index contributed by atoms with van der Waals surface area (Å²) in [4.78, 5) is 20.9. The van der Waals surface area contributed by atoms with Gasteiger partial charge < -0.3 is 15.9 Å². The summed E-state index contributed by atoms with van der Waals surface area (Å²) in [5.41, 5.74) is 4.03. The third-order valence-electron chi connectivity index (χ3n) is 2.34. The van der Waals surface area contributed by atoms with E-state index in [0.29, 0.717) is 6.42 Å². The minimum absolute atomic E-state index is 0.370. The van der Waals surface area contributed by atoms with Crippen LogP contribution < -0.4 is 5.73 Å². The van der Waals surface area contributed by atoms with Gasteiger partial charge in [0.05, 0.1) is 5.92 Å². The summed E-state index contributed by atoms with van der Waals surface area (Å²) >= 11 is 0. The van der Waals surface area contributed by atoms with Crippen LogP contribution in [0.25, 0.3) is 0 Å². The van der Waals surface area contributed by atoms with Crippen molar-refractivity contribution < 1.29 is 19.8 Å². The van der Waals surface area contributed by atoms with Crippen molar-refractivity contribution in [2.45, 2.75) is 18.9 Å². The first-order valence-corrected chi connectivity index (χ1v) is 3.62. The van der Waals surface area contributed by atoms with Gasteiger partial charge >= 0.3 is 11.9 Å². The fourth-order valence-corrected chi connectivity index (χ4v) is 1.29. The number of nitrogens with two attached hydrogens (primary N) is 1. The van der Waals surface area contributed by atoms with E-state index < -0.39 is 29.3 Å². The minimum atomic E-state index is -1.40. The minimum Gasteiger partial charge on any atom is -0.481 e. The van der Waals surface area contributed by atoms with E-state index in [1.54, 1.807) is 0 Å². The van der Waals surface area contributed by atoms with Crippen molar-refractivity contribution in [2.24, 2.45) is 17.6 Å². The Hall–Kier alpha value is -1.10. The predicted octanol–water partition coefficient (Wildman–Crippen LogP) is -0.491. The first-order chi connectivity index (χ1) is 5.37. The molecular weight excluding hydrogens is 162 g/mol. The van der Waals surface area contributed by atoms with Crippen LogP contribution in [0.2, 0.25) is 0 Å². The summed E-state index contributed by atoms with van der Waals surface area (Å²) < 4.78 is 0. The van der Waals surface area contributed by atoms with E-state index in [4.69, 9.17) is 15.9 Å². The largest absolute Gasteiger partial charge is 0.481 e. The molecule has 1 rings (SSSR count). The summed E-state index contributed by atoms with van der Waals surface area (Å²) in [5.74, 6) is -3.10. The Kier molecular flexibility index (Phi) is 1.83. The summed E-state index contributed by atoms with van der Waals surface area (Å²) in [5, 5.41) is 17.2. The molecule has 0 aliphatic heterocycles. The average Bonchev–Trinajstić information content (AvgIpc) is 2.63. The van der Waals surface area contributed by atoms with Gasteiger partial charge in [0.15, 0.2) is 0 Å². The maximum atomic E-state index is 10.6. The highest BCUT2D eigenvalue weighted by atomic mass is 16.4. The van der Waals surface area contributed by atoms with Crippen LogP contribution in [0.3, 0.4) is 0 Å². The van der Waals surface area contributed by atoms with Crippen molar-refractivity contribution in [1.82, 2.24) is 0 Å². The molecule has 0 heterocycles. The molecule has 0 amide bonds. The summed E-state index contributed by atoms with van der Waals surface area (Å²) in [6.45, 7) is 1.35. The molecule has 0 aromatic carbocycles. The van der Waals surface area contributed by atoms with Gasteiger partial charge in [-0.15, -0.1) is 0 Å². The van der Waals surface area contributed by atoms with Gasteiger partial charge in [-0.05, 0) is 13.3 Å². The number of hydrogen-bond acceptors (Lipinski definition) is 3. The molecule has 4 N–H and O–H groups in total. The van der Waals surface area contributed by atoms with Crippen LogP contribution in [0.1, 0.15) is 13.3 Å². The van der Waals surface area contributed by atoms with Gasteiger partial charge in [-0.25, -0.2) is 0 Å². The van der Waals surface area contributed by atoms with Gasteiger partial charge in [0, 0.05) is 5.92 Å². The Bertz CT molecular complexity index is 236. The molecule has 1 unspecified atom stereocenters. The lowest BCUT2D eigenvalue weighted by molar-refractivity contribution is -0.144. The molecule has 5 heteroatoms. The van der Waals surface area contributed by atoms with Crippen LogP contribution in [0, 0.1) is 11.8 Å². The van der Waals surface area contributed by atoms with Crippen molar-refractivity contribution in [3.63, 3.8) is 0 Å². The second kappa shape index (κ2) is 2.45. The second-order valence-electron chi connectivity index (χ2n) is 3.37. The molecule has 1 fully saturated rings. The lowest BCUT2D eigenvalue weighted by atomic mass is 9.96. The van der Waals surface area contributed by atoms with E-state index in [2.05, 4.69) is 0 Å². The lowest BCUT2D eigenvalue weighted by Crippen LogP contribution is -2.47. The third kappa shape index (κ3) is 1.27. The standard InChI is InChI=1S/C7H11NO4/c1-7(8,6(11)12)4-2-3(4)5(9)10/h3-4H,2,8H2,1H3,(H,9,10)(H,11,12)/t3?,4-,7-/m0/s1. The molecule has 68 valence electrons. The summed E-state index contributed by atoms with van der Waals surface area (Å²) in [6.07, 6.45) is 0.370. The molecule has 1 aliphatic carbocycles. The van der Waals surface area contributed by atoms with Gasteiger partial charge in [-0.2, -0.15) is 0 Å². The van der Waals surface area contributed by atoms with Gasteiger partial charge in [0.1, 0.15) is 5.54 Å². The first kappa shape index (κ1) is 8.99. The Balaban J connectivity index is 2.64. The third-order valence-corrected chi connectivity index (χ3v) is 2.34. The highest BCUT2D eigenvalue weighted by Crippen LogP contribution is 2.45. The molecule has 0 spiro atoms. The maximum Gasteiger partial charge on any atom is 0.323 e. The van der Waals surface area contributed by atoms with E-state index in [0.717, 1.165) is 0 Å². The van der Waals surface area contributed by atoms with Gasteiger partial charge in [-0.3, -0.25) is 9.59 Å². The zero-order valence-electron chi connectivity index (χ0n) is 6.65. The highest BCUT2D eigenvalue weighted by molar-refractivity contribution is 5.82. The topological polar surface area (TPSA) is 101 Å². The van der Waals surface area contributed by atoms with Crippen molar-refractivity contribution in [2.75, 3.05) is 0 Å². The molecule has 0 saturated heterocycles. The van der Waals surface area contributed by atoms with E-state index in [1.165, 1.54) is 6.92 Å². The number of carboxylic acids is 2.